The van der Waals surface area contributed by atoms with E-state index in [1.165, 1.54) is 31.2 Å². The number of carbonyl (C=O) groups excluding carboxylic acids is 1. The highest BCUT2D eigenvalue weighted by atomic mass is 16.1. The molecule has 0 spiro atoms. The first-order valence-corrected chi connectivity index (χ1v) is 8.60. The minimum absolute atomic E-state index is 0.0300. The molecule has 2 fully saturated rings. The standard InChI is InChI=1S/C20H22N2O/c23-20(15-10-12-21-13-11-15)22-19-17-9-5-4-8-16(17)18(19)14-6-2-1-3-7-14/h1-3,6-7,10-13,16-19H,4-5,8-9H2,(H,22,23)/t16-,17-,18+,19+/m1/s1. The predicted octanol–water partition coefficient (Wildman–Crippen LogP) is 3.78. The number of aromatic nitrogens is 1. The van der Waals surface area contributed by atoms with Crippen LogP contribution in [0, 0.1) is 11.8 Å². The molecule has 2 aromatic rings. The second-order valence-electron chi connectivity index (χ2n) is 6.78. The van der Waals surface area contributed by atoms with Gasteiger partial charge in [0.05, 0.1) is 0 Å². The fraction of sp³-hybridized carbons (Fsp3) is 0.400. The first-order chi connectivity index (χ1) is 11.3. The van der Waals surface area contributed by atoms with E-state index < -0.39 is 0 Å². The minimum atomic E-state index is 0.0300. The predicted molar refractivity (Wildman–Crippen MR) is 90.1 cm³/mol. The van der Waals surface area contributed by atoms with Gasteiger partial charge < -0.3 is 5.32 Å². The van der Waals surface area contributed by atoms with Gasteiger partial charge in [-0.05, 0) is 42.4 Å². The van der Waals surface area contributed by atoms with Crippen molar-refractivity contribution < 1.29 is 4.79 Å². The monoisotopic (exact) mass is 306 g/mol. The Hall–Kier alpha value is -2.16. The van der Waals surface area contributed by atoms with Crippen LogP contribution in [0.4, 0.5) is 0 Å². The van der Waals surface area contributed by atoms with E-state index in [4.69, 9.17) is 0 Å². The summed E-state index contributed by atoms with van der Waals surface area (Å²) in [7, 11) is 0. The van der Waals surface area contributed by atoms with Crippen LogP contribution < -0.4 is 5.32 Å². The lowest BCUT2D eigenvalue weighted by atomic mass is 9.53. The molecule has 1 aromatic carbocycles. The van der Waals surface area contributed by atoms with Gasteiger partial charge in [-0.2, -0.15) is 0 Å². The zero-order chi connectivity index (χ0) is 15.6. The molecule has 4 rings (SSSR count). The van der Waals surface area contributed by atoms with Gasteiger partial charge in [0.25, 0.3) is 5.91 Å². The molecule has 2 aliphatic rings. The molecule has 2 saturated carbocycles. The number of nitrogens with zero attached hydrogens (tertiary/aromatic N) is 1. The van der Waals surface area contributed by atoms with Crippen LogP contribution in [0.3, 0.4) is 0 Å². The zero-order valence-corrected chi connectivity index (χ0v) is 13.2. The molecule has 1 N–H and O–H groups in total. The maximum atomic E-state index is 12.6. The summed E-state index contributed by atoms with van der Waals surface area (Å²) in [5, 5.41) is 3.31. The van der Waals surface area contributed by atoms with E-state index in [0.717, 1.165) is 5.92 Å². The van der Waals surface area contributed by atoms with Crippen molar-refractivity contribution in [2.24, 2.45) is 11.8 Å². The van der Waals surface area contributed by atoms with Crippen LogP contribution in [0.2, 0.25) is 0 Å². The highest BCUT2D eigenvalue weighted by Gasteiger charge is 2.51. The van der Waals surface area contributed by atoms with Gasteiger partial charge in [-0.25, -0.2) is 0 Å². The summed E-state index contributed by atoms with van der Waals surface area (Å²) in [5.41, 5.74) is 2.07. The molecule has 0 unspecified atom stereocenters. The van der Waals surface area contributed by atoms with Crippen molar-refractivity contribution in [2.75, 3.05) is 0 Å². The Morgan fingerprint density at radius 1 is 0.957 bits per heavy atom. The lowest BCUT2D eigenvalue weighted by Gasteiger charge is -2.55. The Labute approximate surface area is 137 Å². The quantitative estimate of drug-likeness (QED) is 0.937. The Bertz CT molecular complexity index is 671. The summed E-state index contributed by atoms with van der Waals surface area (Å²) in [4.78, 5) is 16.5. The number of fused-ring (bicyclic) bond motifs is 1. The molecule has 0 aliphatic heterocycles. The average molecular weight is 306 g/mol. The van der Waals surface area contributed by atoms with Crippen LogP contribution in [-0.4, -0.2) is 16.9 Å². The molecule has 3 nitrogen and oxygen atoms in total. The molecule has 4 atom stereocenters. The van der Waals surface area contributed by atoms with Gasteiger partial charge in [-0.1, -0.05) is 43.2 Å². The summed E-state index contributed by atoms with van der Waals surface area (Å²) in [6.45, 7) is 0. The molecule has 1 heterocycles. The molecule has 0 bridgehead atoms. The summed E-state index contributed by atoms with van der Waals surface area (Å²) in [6, 6.07) is 14.5. The molecule has 0 radical (unpaired) electrons. The van der Waals surface area contributed by atoms with E-state index >= 15 is 0 Å². The molecular formula is C20H22N2O. The summed E-state index contributed by atoms with van der Waals surface area (Å²) >= 11 is 0. The first kappa shape index (κ1) is 14.4. The van der Waals surface area contributed by atoms with Crippen LogP contribution >= 0.6 is 0 Å². The third-order valence-corrected chi connectivity index (χ3v) is 5.61. The molecular weight excluding hydrogens is 284 g/mol. The van der Waals surface area contributed by atoms with Crippen molar-refractivity contribution in [1.82, 2.24) is 10.3 Å². The van der Waals surface area contributed by atoms with E-state index in [-0.39, 0.29) is 11.9 Å². The van der Waals surface area contributed by atoms with Crippen LogP contribution in [0.5, 0.6) is 0 Å². The van der Waals surface area contributed by atoms with Crippen molar-refractivity contribution in [3.63, 3.8) is 0 Å². The molecule has 1 amide bonds. The SMILES string of the molecule is O=C(N[C@H]1[C@@H]2CCCC[C@H]2[C@@H]1c1ccccc1)c1ccncc1. The number of hydrogen-bond donors (Lipinski definition) is 1. The number of benzene rings is 1. The van der Waals surface area contributed by atoms with Crippen LogP contribution in [0.25, 0.3) is 0 Å². The highest BCUT2D eigenvalue weighted by molar-refractivity contribution is 5.94. The fourth-order valence-electron chi connectivity index (χ4n) is 4.53. The fourth-order valence-corrected chi connectivity index (χ4v) is 4.53. The van der Waals surface area contributed by atoms with Gasteiger partial charge in [-0.15, -0.1) is 0 Å². The topological polar surface area (TPSA) is 42.0 Å². The number of pyridine rings is 1. The van der Waals surface area contributed by atoms with E-state index in [1.807, 2.05) is 0 Å². The van der Waals surface area contributed by atoms with Crippen molar-refractivity contribution in [3.8, 4) is 0 Å². The summed E-state index contributed by atoms with van der Waals surface area (Å²) in [6.07, 6.45) is 8.52. The molecule has 1 aromatic heterocycles. The van der Waals surface area contributed by atoms with Gasteiger partial charge in [0.1, 0.15) is 0 Å². The van der Waals surface area contributed by atoms with E-state index in [0.29, 0.717) is 17.4 Å². The lowest BCUT2D eigenvalue weighted by molar-refractivity contribution is 0.0252. The Morgan fingerprint density at radius 3 is 2.39 bits per heavy atom. The second-order valence-corrected chi connectivity index (χ2v) is 6.78. The average Bonchev–Trinajstić information content (AvgIpc) is 2.61. The minimum Gasteiger partial charge on any atom is -0.348 e. The number of nitrogens with one attached hydrogen (secondary N) is 1. The summed E-state index contributed by atoms with van der Waals surface area (Å²) < 4.78 is 0. The molecule has 3 heteroatoms. The van der Waals surface area contributed by atoms with Gasteiger partial charge in [-0.3, -0.25) is 9.78 Å². The van der Waals surface area contributed by atoms with Crippen molar-refractivity contribution in [3.05, 3.63) is 66.0 Å². The zero-order valence-electron chi connectivity index (χ0n) is 13.2. The van der Waals surface area contributed by atoms with Crippen molar-refractivity contribution in [1.29, 1.82) is 0 Å². The van der Waals surface area contributed by atoms with E-state index in [2.05, 4.69) is 40.6 Å². The maximum Gasteiger partial charge on any atom is 0.251 e. The molecule has 0 saturated heterocycles. The highest BCUT2D eigenvalue weighted by Crippen LogP contribution is 2.54. The third kappa shape index (κ3) is 2.65. The molecule has 2 aliphatic carbocycles. The van der Waals surface area contributed by atoms with Gasteiger partial charge in [0, 0.05) is 29.9 Å². The molecule has 23 heavy (non-hydrogen) atoms. The van der Waals surface area contributed by atoms with Gasteiger partial charge in [0.2, 0.25) is 0 Å². The Morgan fingerprint density at radius 2 is 1.65 bits per heavy atom. The molecule has 118 valence electrons. The number of amides is 1. The normalized spacial score (nSPS) is 29.2. The lowest BCUT2D eigenvalue weighted by Crippen LogP contribution is -2.59. The number of hydrogen-bond acceptors (Lipinski definition) is 2. The first-order valence-electron chi connectivity index (χ1n) is 8.60. The smallest absolute Gasteiger partial charge is 0.251 e. The summed E-state index contributed by atoms with van der Waals surface area (Å²) in [5.74, 6) is 1.86. The van der Waals surface area contributed by atoms with Crippen molar-refractivity contribution >= 4 is 5.91 Å². The van der Waals surface area contributed by atoms with Gasteiger partial charge >= 0.3 is 0 Å². The second kappa shape index (κ2) is 6.15. The van der Waals surface area contributed by atoms with Gasteiger partial charge in [0.15, 0.2) is 0 Å². The van der Waals surface area contributed by atoms with Crippen LogP contribution in [0.15, 0.2) is 54.9 Å². The van der Waals surface area contributed by atoms with E-state index in [9.17, 15) is 4.79 Å². The number of carbonyl (C=O) groups is 1. The largest absolute Gasteiger partial charge is 0.348 e. The van der Waals surface area contributed by atoms with Crippen LogP contribution in [0.1, 0.15) is 47.5 Å². The third-order valence-electron chi connectivity index (χ3n) is 5.61. The number of rotatable bonds is 3. The van der Waals surface area contributed by atoms with E-state index in [1.54, 1.807) is 24.5 Å². The van der Waals surface area contributed by atoms with Crippen LogP contribution in [-0.2, 0) is 0 Å². The Kier molecular flexibility index (Phi) is 3.86. The Balaban J connectivity index is 1.56. The van der Waals surface area contributed by atoms with Crippen molar-refractivity contribution in [2.45, 2.75) is 37.6 Å². The maximum absolute atomic E-state index is 12.6.